The molecular weight excluding hydrogens is 366 g/mol. The molecule has 7 nitrogen and oxygen atoms in total. The molecule has 2 amide bonds. The molecule has 0 aromatic carbocycles. The van der Waals surface area contributed by atoms with E-state index in [0.717, 1.165) is 4.88 Å². The van der Waals surface area contributed by atoms with E-state index in [-0.39, 0.29) is 41.8 Å². The van der Waals surface area contributed by atoms with Gasteiger partial charge in [-0.3, -0.25) is 14.5 Å². The van der Waals surface area contributed by atoms with Crippen LogP contribution in [0.4, 0.5) is 0 Å². The number of hydrogen-bond acceptors (Lipinski definition) is 6. The number of carbonyl (C=O) groups excluding carboxylic acids is 2. The van der Waals surface area contributed by atoms with E-state index in [1.165, 1.54) is 0 Å². The Morgan fingerprint density at radius 1 is 1.37 bits per heavy atom. The molecule has 0 radical (unpaired) electrons. The van der Waals surface area contributed by atoms with Crippen LogP contribution in [0, 0.1) is 17.8 Å². The number of thiophene rings is 1. The summed E-state index contributed by atoms with van der Waals surface area (Å²) in [5, 5.41) is 15.8. The number of amides is 2. The lowest BCUT2D eigenvalue weighted by atomic mass is 9.83. The molecular formula is C19H27N3O4S. The van der Waals surface area contributed by atoms with Crippen molar-refractivity contribution in [2.24, 2.45) is 17.8 Å². The van der Waals surface area contributed by atoms with E-state index in [4.69, 9.17) is 4.74 Å². The first kappa shape index (κ1) is 18.9. The molecule has 3 fully saturated rings. The molecule has 8 heteroatoms. The Kier molecular flexibility index (Phi) is 5.24. The van der Waals surface area contributed by atoms with Gasteiger partial charge in [0.1, 0.15) is 0 Å². The van der Waals surface area contributed by atoms with Crippen LogP contribution in [0.3, 0.4) is 0 Å². The Bertz CT molecular complexity index is 695. The van der Waals surface area contributed by atoms with Gasteiger partial charge < -0.3 is 20.1 Å². The lowest BCUT2D eigenvalue weighted by Crippen LogP contribution is -2.47. The first-order valence-corrected chi connectivity index (χ1v) is 10.4. The average Bonchev–Trinajstić information content (AvgIpc) is 3.36. The normalized spacial score (nSPS) is 35.1. The summed E-state index contributed by atoms with van der Waals surface area (Å²) in [6.45, 7) is 2.25. The smallest absolute Gasteiger partial charge is 0.236 e. The van der Waals surface area contributed by atoms with Gasteiger partial charge in [0, 0.05) is 43.9 Å². The fourth-order valence-corrected chi connectivity index (χ4v) is 5.36. The molecule has 3 aliphatic rings. The number of likely N-dealkylation sites (N-methyl/N-ethyl adjacent to an activating group) is 1. The monoisotopic (exact) mass is 393 g/mol. The van der Waals surface area contributed by atoms with Crippen LogP contribution in [-0.4, -0.2) is 78.8 Å². The van der Waals surface area contributed by atoms with E-state index in [9.17, 15) is 14.7 Å². The number of aliphatic hydroxyl groups excluding tert-OH is 1. The van der Waals surface area contributed by atoms with Gasteiger partial charge in [0.2, 0.25) is 11.8 Å². The number of nitrogens with zero attached hydrogens (tertiary/aromatic N) is 2. The predicted molar refractivity (Wildman–Crippen MR) is 101 cm³/mol. The molecule has 0 spiro atoms. The number of nitrogens with one attached hydrogen (secondary N) is 1. The van der Waals surface area contributed by atoms with Crippen molar-refractivity contribution in [3.63, 3.8) is 0 Å². The number of ether oxygens (including phenoxy) is 1. The lowest BCUT2D eigenvalue weighted by Gasteiger charge is -2.36. The maximum Gasteiger partial charge on any atom is 0.236 e. The van der Waals surface area contributed by atoms with Crippen LogP contribution in [0.5, 0.6) is 0 Å². The SMILES string of the molecule is CN(C)C(=O)CN1C[C@H]2[C@H](O)[C@@H]3CC(C(=O)NCc4cccs4)[C@@H](O3)[C@H]2C1. The summed E-state index contributed by atoms with van der Waals surface area (Å²) in [5.41, 5.74) is 0. The summed E-state index contributed by atoms with van der Waals surface area (Å²) >= 11 is 1.62. The third kappa shape index (κ3) is 3.63. The summed E-state index contributed by atoms with van der Waals surface area (Å²) in [5.74, 6) is -0.0138. The highest BCUT2D eigenvalue weighted by Gasteiger charge is 2.57. The van der Waals surface area contributed by atoms with Gasteiger partial charge in [-0.15, -0.1) is 11.3 Å². The van der Waals surface area contributed by atoms with E-state index in [0.29, 0.717) is 32.6 Å². The van der Waals surface area contributed by atoms with E-state index >= 15 is 0 Å². The second-order valence-electron chi connectivity index (χ2n) is 8.08. The van der Waals surface area contributed by atoms with Crippen LogP contribution in [-0.2, 0) is 20.9 Å². The van der Waals surface area contributed by atoms with Crippen LogP contribution in [0.25, 0.3) is 0 Å². The van der Waals surface area contributed by atoms with Gasteiger partial charge in [0.15, 0.2) is 0 Å². The van der Waals surface area contributed by atoms with Gasteiger partial charge >= 0.3 is 0 Å². The molecule has 2 N–H and O–H groups in total. The summed E-state index contributed by atoms with van der Waals surface area (Å²) in [7, 11) is 3.50. The average molecular weight is 394 g/mol. The zero-order valence-electron chi connectivity index (χ0n) is 15.7. The number of aliphatic hydroxyl groups is 1. The summed E-state index contributed by atoms with van der Waals surface area (Å²) < 4.78 is 6.06. The molecule has 2 bridgehead atoms. The summed E-state index contributed by atoms with van der Waals surface area (Å²) in [4.78, 5) is 29.6. The topological polar surface area (TPSA) is 82.1 Å². The molecule has 6 atom stereocenters. The Morgan fingerprint density at radius 3 is 2.85 bits per heavy atom. The van der Waals surface area contributed by atoms with Crippen LogP contribution >= 0.6 is 11.3 Å². The van der Waals surface area contributed by atoms with Gasteiger partial charge in [-0.1, -0.05) is 6.07 Å². The highest BCUT2D eigenvalue weighted by Crippen LogP contribution is 2.46. The lowest BCUT2D eigenvalue weighted by molar-refractivity contribution is -0.140. The fourth-order valence-electron chi connectivity index (χ4n) is 4.72. The second kappa shape index (κ2) is 7.50. The molecule has 1 unspecified atom stereocenters. The van der Waals surface area contributed by atoms with Gasteiger partial charge in [0.05, 0.1) is 37.3 Å². The van der Waals surface area contributed by atoms with Crippen LogP contribution in [0.1, 0.15) is 11.3 Å². The molecule has 0 aliphatic carbocycles. The van der Waals surface area contributed by atoms with E-state index < -0.39 is 6.10 Å². The maximum absolute atomic E-state index is 12.8. The van der Waals surface area contributed by atoms with Crippen molar-refractivity contribution in [1.82, 2.24) is 15.1 Å². The van der Waals surface area contributed by atoms with Crippen molar-refractivity contribution < 1.29 is 19.4 Å². The Labute approximate surface area is 163 Å². The molecule has 1 aromatic heterocycles. The van der Waals surface area contributed by atoms with Gasteiger partial charge in [-0.05, 0) is 17.9 Å². The molecule has 3 aliphatic heterocycles. The standard InChI is InChI=1S/C19H27N3O4S/c1-21(2)16(23)10-22-8-13-14(9-22)18-12(6-15(26-18)17(13)24)19(25)20-7-11-4-3-5-27-11/h3-5,12-15,17-18,24H,6-10H2,1-2H3,(H,20,25)/t12?,13-,14+,15+,17+,18-/m1/s1. The quantitative estimate of drug-likeness (QED) is 0.744. The van der Waals surface area contributed by atoms with Crippen molar-refractivity contribution in [3.8, 4) is 0 Å². The van der Waals surface area contributed by atoms with Crippen molar-refractivity contribution in [3.05, 3.63) is 22.4 Å². The molecule has 4 rings (SSSR count). The minimum absolute atomic E-state index is 0.00608. The minimum atomic E-state index is -0.569. The zero-order chi connectivity index (χ0) is 19.1. The Balaban J connectivity index is 1.41. The number of likely N-dealkylation sites (tertiary alicyclic amines) is 1. The fraction of sp³-hybridized carbons (Fsp3) is 0.684. The van der Waals surface area contributed by atoms with Crippen molar-refractivity contribution in [2.75, 3.05) is 33.7 Å². The molecule has 3 saturated heterocycles. The van der Waals surface area contributed by atoms with Crippen molar-refractivity contribution in [1.29, 1.82) is 0 Å². The summed E-state index contributed by atoms with van der Waals surface area (Å²) in [6, 6.07) is 3.98. The first-order chi connectivity index (χ1) is 12.9. The number of carbonyl (C=O) groups is 2. The Morgan fingerprint density at radius 2 is 2.15 bits per heavy atom. The molecule has 0 saturated carbocycles. The number of fused-ring (bicyclic) bond motifs is 4. The van der Waals surface area contributed by atoms with Crippen LogP contribution < -0.4 is 5.32 Å². The van der Waals surface area contributed by atoms with Crippen LogP contribution in [0.2, 0.25) is 0 Å². The number of hydrogen-bond donors (Lipinski definition) is 2. The molecule has 4 heterocycles. The van der Waals surface area contributed by atoms with Crippen molar-refractivity contribution >= 4 is 23.2 Å². The highest BCUT2D eigenvalue weighted by atomic mass is 32.1. The minimum Gasteiger partial charge on any atom is -0.390 e. The first-order valence-electron chi connectivity index (χ1n) is 9.50. The maximum atomic E-state index is 12.8. The predicted octanol–water partition coefficient (Wildman–Crippen LogP) is 0.149. The van der Waals surface area contributed by atoms with Gasteiger partial charge in [-0.25, -0.2) is 0 Å². The second-order valence-corrected chi connectivity index (χ2v) is 9.11. The molecule has 27 heavy (non-hydrogen) atoms. The van der Waals surface area contributed by atoms with Gasteiger partial charge in [0.25, 0.3) is 0 Å². The zero-order valence-corrected chi connectivity index (χ0v) is 16.5. The summed E-state index contributed by atoms with van der Waals surface area (Å²) in [6.07, 6.45) is -0.448. The van der Waals surface area contributed by atoms with E-state index in [1.54, 1.807) is 30.3 Å². The third-order valence-corrected chi connectivity index (χ3v) is 7.03. The number of rotatable bonds is 5. The molecule has 1 aromatic rings. The largest absolute Gasteiger partial charge is 0.390 e. The highest BCUT2D eigenvalue weighted by molar-refractivity contribution is 7.09. The third-order valence-electron chi connectivity index (χ3n) is 6.16. The molecule has 148 valence electrons. The van der Waals surface area contributed by atoms with E-state index in [2.05, 4.69) is 10.2 Å². The van der Waals surface area contributed by atoms with Crippen molar-refractivity contribution in [2.45, 2.75) is 31.3 Å². The van der Waals surface area contributed by atoms with E-state index in [1.807, 2.05) is 17.5 Å². The van der Waals surface area contributed by atoms with Crippen LogP contribution in [0.15, 0.2) is 17.5 Å². The Hall–Kier alpha value is -1.48. The van der Waals surface area contributed by atoms with Gasteiger partial charge in [-0.2, -0.15) is 0 Å².